The zero-order valence-corrected chi connectivity index (χ0v) is 10.4. The molecule has 0 bridgehead atoms. The lowest BCUT2D eigenvalue weighted by atomic mass is 9.90. The number of hydrogen-bond donors (Lipinski definition) is 1. The van der Waals surface area contributed by atoms with Gasteiger partial charge in [-0.3, -0.25) is 4.79 Å². The van der Waals surface area contributed by atoms with E-state index < -0.39 is 0 Å². The molecule has 1 aliphatic heterocycles. The van der Waals surface area contributed by atoms with E-state index in [2.05, 4.69) is 13.8 Å². The molecule has 15 heavy (non-hydrogen) atoms. The number of hydrogen-bond acceptors (Lipinski definition) is 2. The molecule has 2 N–H and O–H groups in total. The Labute approximate surface area is 93.0 Å². The van der Waals surface area contributed by atoms with E-state index in [9.17, 15) is 4.79 Å². The second kappa shape index (κ2) is 4.97. The van der Waals surface area contributed by atoms with Crippen LogP contribution in [-0.2, 0) is 4.79 Å². The zero-order chi connectivity index (χ0) is 11.6. The Balaban J connectivity index is 2.66. The molecule has 0 radical (unpaired) electrons. The number of amides is 1. The third-order valence-corrected chi connectivity index (χ3v) is 3.66. The summed E-state index contributed by atoms with van der Waals surface area (Å²) in [4.78, 5) is 14.1. The Morgan fingerprint density at radius 1 is 1.40 bits per heavy atom. The topological polar surface area (TPSA) is 46.3 Å². The zero-order valence-electron chi connectivity index (χ0n) is 10.4. The fourth-order valence-corrected chi connectivity index (χ4v) is 2.12. The first-order valence-electron chi connectivity index (χ1n) is 6.01. The summed E-state index contributed by atoms with van der Waals surface area (Å²) in [7, 11) is 0. The number of nitrogens with two attached hydrogens (primary N) is 1. The Morgan fingerprint density at radius 2 is 2.00 bits per heavy atom. The molecule has 3 atom stereocenters. The third-order valence-electron chi connectivity index (χ3n) is 3.66. The van der Waals surface area contributed by atoms with E-state index in [1.165, 1.54) is 6.42 Å². The number of carbonyl (C=O) groups excluding carboxylic acids is 1. The van der Waals surface area contributed by atoms with Gasteiger partial charge in [-0.05, 0) is 31.6 Å². The highest BCUT2D eigenvalue weighted by Gasteiger charge is 2.31. The van der Waals surface area contributed by atoms with E-state index in [0.29, 0.717) is 12.0 Å². The van der Waals surface area contributed by atoms with Gasteiger partial charge >= 0.3 is 0 Å². The van der Waals surface area contributed by atoms with Crippen LogP contribution in [0.3, 0.4) is 0 Å². The van der Waals surface area contributed by atoms with Gasteiger partial charge in [-0.2, -0.15) is 0 Å². The Kier molecular flexibility index (Phi) is 4.14. The summed E-state index contributed by atoms with van der Waals surface area (Å²) in [5.74, 6) is 0.952. The fraction of sp³-hybridized carbons (Fsp3) is 0.917. The van der Waals surface area contributed by atoms with Crippen molar-refractivity contribution in [1.29, 1.82) is 0 Å². The van der Waals surface area contributed by atoms with E-state index in [1.54, 1.807) is 0 Å². The summed E-state index contributed by atoms with van der Waals surface area (Å²) in [6.45, 7) is 9.23. The highest BCUT2D eigenvalue weighted by molar-refractivity contribution is 5.82. The van der Waals surface area contributed by atoms with Gasteiger partial charge in [0.1, 0.15) is 0 Å². The van der Waals surface area contributed by atoms with E-state index in [-0.39, 0.29) is 17.9 Å². The molecule has 88 valence electrons. The molecule has 1 aliphatic rings. The molecule has 0 aliphatic carbocycles. The van der Waals surface area contributed by atoms with Crippen LogP contribution in [0.1, 0.15) is 40.5 Å². The first kappa shape index (κ1) is 12.5. The largest absolute Gasteiger partial charge is 0.338 e. The molecule has 0 saturated carbocycles. The maximum Gasteiger partial charge on any atom is 0.239 e. The van der Waals surface area contributed by atoms with Crippen molar-refractivity contribution in [1.82, 2.24) is 4.90 Å². The lowest BCUT2D eigenvalue weighted by molar-refractivity contribution is -0.138. The van der Waals surface area contributed by atoms with Gasteiger partial charge < -0.3 is 10.6 Å². The van der Waals surface area contributed by atoms with Crippen molar-refractivity contribution >= 4 is 5.91 Å². The highest BCUT2D eigenvalue weighted by Crippen LogP contribution is 2.23. The molecular weight excluding hydrogens is 188 g/mol. The second-order valence-electron chi connectivity index (χ2n) is 5.16. The molecule has 1 fully saturated rings. The van der Waals surface area contributed by atoms with Gasteiger partial charge in [-0.15, -0.1) is 0 Å². The molecule has 1 rings (SSSR count). The number of rotatable bonds is 2. The Hall–Kier alpha value is -0.570. The van der Waals surface area contributed by atoms with Crippen LogP contribution in [0.2, 0.25) is 0 Å². The summed E-state index contributed by atoms with van der Waals surface area (Å²) in [5.41, 5.74) is 5.91. The van der Waals surface area contributed by atoms with Crippen molar-refractivity contribution in [2.24, 2.45) is 17.6 Å². The van der Waals surface area contributed by atoms with Crippen molar-refractivity contribution in [2.75, 3.05) is 6.54 Å². The van der Waals surface area contributed by atoms with Gasteiger partial charge in [-0.1, -0.05) is 20.8 Å². The summed E-state index contributed by atoms with van der Waals surface area (Å²) in [6.07, 6.45) is 2.34. The standard InChI is InChI=1S/C12H24N2O/c1-8(2)11(13)12(15)14-7-5-6-9(3)10(14)4/h8-11H,5-7,13H2,1-4H3/t9?,10?,11-/m1/s1. The summed E-state index contributed by atoms with van der Waals surface area (Å²) >= 11 is 0. The third kappa shape index (κ3) is 2.71. The first-order valence-corrected chi connectivity index (χ1v) is 6.01. The van der Waals surface area contributed by atoms with Crippen molar-refractivity contribution in [3.05, 3.63) is 0 Å². The lowest BCUT2D eigenvalue weighted by Gasteiger charge is -2.39. The predicted molar refractivity (Wildman–Crippen MR) is 62.4 cm³/mol. The first-order chi connectivity index (χ1) is 6.95. The van der Waals surface area contributed by atoms with Gasteiger partial charge in [0.2, 0.25) is 5.91 Å². The number of carbonyl (C=O) groups is 1. The highest BCUT2D eigenvalue weighted by atomic mass is 16.2. The van der Waals surface area contributed by atoms with Crippen LogP contribution in [-0.4, -0.2) is 29.4 Å². The second-order valence-corrected chi connectivity index (χ2v) is 5.16. The number of nitrogens with zero attached hydrogens (tertiary/aromatic N) is 1. The molecule has 3 nitrogen and oxygen atoms in total. The smallest absolute Gasteiger partial charge is 0.239 e. The van der Waals surface area contributed by atoms with Gasteiger partial charge in [0, 0.05) is 12.6 Å². The Bertz CT molecular complexity index is 228. The quantitative estimate of drug-likeness (QED) is 0.756. The molecular formula is C12H24N2O. The van der Waals surface area contributed by atoms with Gasteiger partial charge in [0.05, 0.1) is 6.04 Å². The molecule has 1 heterocycles. The monoisotopic (exact) mass is 212 g/mol. The molecule has 0 aromatic rings. The summed E-state index contributed by atoms with van der Waals surface area (Å²) in [5, 5.41) is 0. The average Bonchev–Trinajstić information content (AvgIpc) is 2.20. The maximum absolute atomic E-state index is 12.1. The summed E-state index contributed by atoms with van der Waals surface area (Å²) < 4.78 is 0. The molecule has 0 spiro atoms. The van der Waals surface area contributed by atoms with Crippen LogP contribution in [0.4, 0.5) is 0 Å². The van der Waals surface area contributed by atoms with Crippen molar-refractivity contribution in [2.45, 2.75) is 52.6 Å². The minimum atomic E-state index is -0.335. The van der Waals surface area contributed by atoms with Crippen LogP contribution >= 0.6 is 0 Å². The molecule has 1 amide bonds. The van der Waals surface area contributed by atoms with Crippen molar-refractivity contribution in [3.63, 3.8) is 0 Å². The molecule has 0 aromatic heterocycles. The minimum absolute atomic E-state index is 0.129. The Morgan fingerprint density at radius 3 is 2.53 bits per heavy atom. The fourth-order valence-electron chi connectivity index (χ4n) is 2.12. The van der Waals surface area contributed by atoms with Crippen molar-refractivity contribution in [3.8, 4) is 0 Å². The number of likely N-dealkylation sites (tertiary alicyclic amines) is 1. The predicted octanol–water partition coefficient (Wildman–Crippen LogP) is 1.62. The SMILES string of the molecule is CC1CCCN(C(=O)[C@H](N)C(C)C)C1C. The maximum atomic E-state index is 12.1. The van der Waals surface area contributed by atoms with E-state index in [4.69, 9.17) is 5.73 Å². The van der Waals surface area contributed by atoms with E-state index >= 15 is 0 Å². The number of piperidine rings is 1. The molecule has 3 heteroatoms. The van der Waals surface area contributed by atoms with E-state index in [0.717, 1.165) is 13.0 Å². The molecule has 0 aromatic carbocycles. The van der Waals surface area contributed by atoms with Gasteiger partial charge in [0.25, 0.3) is 0 Å². The van der Waals surface area contributed by atoms with Crippen LogP contribution in [0.25, 0.3) is 0 Å². The lowest BCUT2D eigenvalue weighted by Crippen LogP contribution is -2.53. The average molecular weight is 212 g/mol. The van der Waals surface area contributed by atoms with E-state index in [1.807, 2.05) is 18.7 Å². The molecule has 1 saturated heterocycles. The van der Waals surface area contributed by atoms with Crippen LogP contribution in [0.5, 0.6) is 0 Å². The molecule has 2 unspecified atom stereocenters. The van der Waals surface area contributed by atoms with Crippen molar-refractivity contribution < 1.29 is 4.79 Å². The van der Waals surface area contributed by atoms with Crippen LogP contribution in [0, 0.1) is 11.8 Å². The minimum Gasteiger partial charge on any atom is -0.338 e. The van der Waals surface area contributed by atoms with Crippen LogP contribution < -0.4 is 5.73 Å². The van der Waals surface area contributed by atoms with Gasteiger partial charge in [0.15, 0.2) is 0 Å². The normalized spacial score (nSPS) is 29.3. The summed E-state index contributed by atoms with van der Waals surface area (Å²) in [6, 6.07) is 0.00815. The van der Waals surface area contributed by atoms with Gasteiger partial charge in [-0.25, -0.2) is 0 Å². The van der Waals surface area contributed by atoms with Crippen LogP contribution in [0.15, 0.2) is 0 Å².